The lowest BCUT2D eigenvalue weighted by molar-refractivity contribution is 0.262. The quantitative estimate of drug-likeness (QED) is 0.685. The van der Waals surface area contributed by atoms with Crippen molar-refractivity contribution in [1.29, 1.82) is 0 Å². The Kier molecular flexibility index (Phi) is 5.30. The maximum Gasteiger partial charge on any atom is 0.0334 e. The van der Waals surface area contributed by atoms with Crippen LogP contribution in [0.2, 0.25) is 0 Å². The molecular weight excluding hydrogens is 389 g/mol. The summed E-state index contributed by atoms with van der Waals surface area (Å²) < 4.78 is 2.56. The Morgan fingerprint density at radius 2 is 2.24 bits per heavy atom. The molecule has 1 nitrogen and oxygen atoms in total. The molecule has 0 aromatic heterocycles. The topological polar surface area (TPSA) is 12.0 Å². The van der Waals surface area contributed by atoms with Crippen molar-refractivity contribution in [2.75, 3.05) is 6.54 Å². The van der Waals surface area contributed by atoms with Crippen molar-refractivity contribution in [3.63, 3.8) is 0 Å². The van der Waals surface area contributed by atoms with Crippen molar-refractivity contribution in [3.05, 3.63) is 31.8 Å². The maximum absolute atomic E-state index is 3.69. The summed E-state index contributed by atoms with van der Waals surface area (Å²) in [7, 11) is 0. The SMILES string of the molecule is CCNC(CC1CCC1)c1cc(I)ccc1Br. The minimum absolute atomic E-state index is 0.509. The van der Waals surface area contributed by atoms with Gasteiger partial charge >= 0.3 is 0 Å². The number of hydrogen-bond acceptors (Lipinski definition) is 1. The molecule has 3 heteroatoms. The average Bonchev–Trinajstić information content (AvgIpc) is 2.25. The highest BCUT2D eigenvalue weighted by Gasteiger charge is 2.23. The van der Waals surface area contributed by atoms with E-state index in [4.69, 9.17) is 0 Å². The van der Waals surface area contributed by atoms with Gasteiger partial charge in [-0.1, -0.05) is 42.1 Å². The van der Waals surface area contributed by atoms with Crippen molar-refractivity contribution in [2.24, 2.45) is 5.92 Å². The third-order valence-electron chi connectivity index (χ3n) is 3.58. The van der Waals surface area contributed by atoms with Crippen LogP contribution in [0.3, 0.4) is 0 Å². The van der Waals surface area contributed by atoms with Crippen molar-refractivity contribution in [1.82, 2.24) is 5.32 Å². The fourth-order valence-corrected chi connectivity index (χ4v) is 3.45. The molecule has 2 rings (SSSR count). The zero-order chi connectivity index (χ0) is 12.3. The van der Waals surface area contributed by atoms with Crippen molar-refractivity contribution in [3.8, 4) is 0 Å². The number of hydrogen-bond donors (Lipinski definition) is 1. The van der Waals surface area contributed by atoms with Gasteiger partial charge in [0.2, 0.25) is 0 Å². The van der Waals surface area contributed by atoms with Gasteiger partial charge in [0.15, 0.2) is 0 Å². The monoisotopic (exact) mass is 407 g/mol. The van der Waals surface area contributed by atoms with E-state index in [1.54, 1.807) is 0 Å². The molecule has 0 spiro atoms. The smallest absolute Gasteiger partial charge is 0.0334 e. The normalized spacial score (nSPS) is 17.8. The van der Waals surface area contributed by atoms with Gasteiger partial charge in [0.05, 0.1) is 0 Å². The fourth-order valence-electron chi connectivity index (χ4n) is 2.41. The second-order valence-electron chi connectivity index (χ2n) is 4.81. The van der Waals surface area contributed by atoms with Gasteiger partial charge < -0.3 is 5.32 Å². The van der Waals surface area contributed by atoms with Crippen LogP contribution in [0, 0.1) is 9.49 Å². The molecule has 1 aliphatic rings. The molecule has 1 fully saturated rings. The molecule has 1 saturated carbocycles. The lowest BCUT2D eigenvalue weighted by Gasteiger charge is -2.30. The Morgan fingerprint density at radius 3 is 2.82 bits per heavy atom. The summed E-state index contributed by atoms with van der Waals surface area (Å²) in [6.07, 6.45) is 5.55. The van der Waals surface area contributed by atoms with Crippen LogP contribution < -0.4 is 5.32 Å². The summed E-state index contributed by atoms with van der Waals surface area (Å²) in [6.45, 7) is 3.23. The van der Waals surface area contributed by atoms with Gasteiger partial charge in [-0.3, -0.25) is 0 Å². The molecule has 0 bridgehead atoms. The average molecular weight is 408 g/mol. The molecule has 0 radical (unpaired) electrons. The van der Waals surface area contributed by atoms with Gasteiger partial charge in [-0.25, -0.2) is 0 Å². The van der Waals surface area contributed by atoms with Gasteiger partial charge in [0, 0.05) is 14.1 Å². The van der Waals surface area contributed by atoms with E-state index < -0.39 is 0 Å². The summed E-state index contributed by atoms with van der Waals surface area (Å²) in [5.41, 5.74) is 1.42. The van der Waals surface area contributed by atoms with E-state index in [1.165, 1.54) is 39.3 Å². The highest BCUT2D eigenvalue weighted by molar-refractivity contribution is 14.1. The van der Waals surface area contributed by atoms with E-state index in [-0.39, 0.29) is 0 Å². The minimum atomic E-state index is 0.509. The summed E-state index contributed by atoms with van der Waals surface area (Å²) >= 11 is 6.08. The largest absolute Gasteiger partial charge is 0.310 e. The van der Waals surface area contributed by atoms with Crippen LogP contribution >= 0.6 is 38.5 Å². The van der Waals surface area contributed by atoms with E-state index in [1.807, 2.05) is 0 Å². The third kappa shape index (κ3) is 3.67. The minimum Gasteiger partial charge on any atom is -0.310 e. The van der Waals surface area contributed by atoms with Crippen LogP contribution in [0.5, 0.6) is 0 Å². The molecule has 1 aromatic carbocycles. The Hall–Kier alpha value is 0.390. The summed E-state index contributed by atoms with van der Waals surface area (Å²) in [5, 5.41) is 3.63. The number of halogens is 2. The second-order valence-corrected chi connectivity index (χ2v) is 6.91. The molecule has 94 valence electrons. The van der Waals surface area contributed by atoms with Gasteiger partial charge in [0.1, 0.15) is 0 Å². The van der Waals surface area contributed by atoms with E-state index in [0.717, 1.165) is 12.5 Å². The standard InChI is InChI=1S/C14H19BrIN/c1-2-17-14(8-10-4-3-5-10)12-9-11(16)6-7-13(12)15/h6-7,9-10,14,17H,2-5,8H2,1H3. The first-order valence-electron chi connectivity index (χ1n) is 6.39. The molecule has 0 aliphatic heterocycles. The first kappa shape index (κ1) is 13.8. The van der Waals surface area contributed by atoms with Crippen LogP contribution in [-0.2, 0) is 0 Å². The highest BCUT2D eigenvalue weighted by atomic mass is 127. The molecule has 0 saturated heterocycles. The highest BCUT2D eigenvalue weighted by Crippen LogP contribution is 2.37. The van der Waals surface area contributed by atoms with E-state index in [9.17, 15) is 0 Å². The van der Waals surface area contributed by atoms with E-state index in [2.05, 4.69) is 69.0 Å². The second kappa shape index (κ2) is 6.53. The van der Waals surface area contributed by atoms with Crippen molar-refractivity contribution < 1.29 is 0 Å². The molecule has 1 N–H and O–H groups in total. The predicted octanol–water partition coefficient (Wildman–Crippen LogP) is 4.89. The molecule has 0 heterocycles. The van der Waals surface area contributed by atoms with Gasteiger partial charge in [0.25, 0.3) is 0 Å². The lowest BCUT2D eigenvalue weighted by atomic mass is 9.79. The zero-order valence-corrected chi connectivity index (χ0v) is 13.9. The fraction of sp³-hybridized carbons (Fsp3) is 0.571. The van der Waals surface area contributed by atoms with E-state index in [0.29, 0.717) is 6.04 Å². The first-order chi connectivity index (χ1) is 8.20. The number of rotatable bonds is 5. The van der Waals surface area contributed by atoms with Gasteiger partial charge in [-0.05, 0) is 65.2 Å². The molecule has 1 unspecified atom stereocenters. The Morgan fingerprint density at radius 1 is 1.47 bits per heavy atom. The number of benzene rings is 1. The van der Waals surface area contributed by atoms with Crippen molar-refractivity contribution in [2.45, 2.75) is 38.6 Å². The molecule has 17 heavy (non-hydrogen) atoms. The van der Waals surface area contributed by atoms with Gasteiger partial charge in [-0.15, -0.1) is 0 Å². The molecule has 0 amide bonds. The van der Waals surface area contributed by atoms with Gasteiger partial charge in [-0.2, -0.15) is 0 Å². The predicted molar refractivity (Wildman–Crippen MR) is 85.2 cm³/mol. The third-order valence-corrected chi connectivity index (χ3v) is 4.97. The van der Waals surface area contributed by atoms with Crippen LogP contribution in [0.15, 0.2) is 22.7 Å². The maximum atomic E-state index is 3.69. The number of nitrogens with one attached hydrogen (secondary N) is 1. The molecule has 1 atom stereocenters. The van der Waals surface area contributed by atoms with Crippen LogP contribution in [-0.4, -0.2) is 6.54 Å². The van der Waals surface area contributed by atoms with Crippen molar-refractivity contribution >= 4 is 38.5 Å². The summed E-state index contributed by atoms with van der Waals surface area (Å²) in [6, 6.07) is 7.13. The van der Waals surface area contributed by atoms with E-state index >= 15 is 0 Å². The Bertz CT molecular complexity index is 376. The van der Waals surface area contributed by atoms with Crippen LogP contribution in [0.25, 0.3) is 0 Å². The Balaban J connectivity index is 2.14. The lowest BCUT2D eigenvalue weighted by Crippen LogP contribution is -2.26. The summed E-state index contributed by atoms with van der Waals surface area (Å²) in [4.78, 5) is 0. The van der Waals surface area contributed by atoms with Crippen LogP contribution in [0.1, 0.15) is 44.2 Å². The molecule has 1 aliphatic carbocycles. The first-order valence-corrected chi connectivity index (χ1v) is 8.26. The molecule has 1 aromatic rings. The summed E-state index contributed by atoms with van der Waals surface area (Å²) in [5.74, 6) is 0.934. The zero-order valence-electron chi connectivity index (χ0n) is 10.2. The van der Waals surface area contributed by atoms with Crippen LogP contribution in [0.4, 0.5) is 0 Å². The molecular formula is C14H19BrIN. The Labute approximate surface area is 126 Å².